The van der Waals surface area contributed by atoms with Crippen molar-refractivity contribution < 1.29 is 19.1 Å². The number of benzene rings is 1. The maximum absolute atomic E-state index is 12.8. The van der Waals surface area contributed by atoms with E-state index in [1.807, 2.05) is 0 Å². The van der Waals surface area contributed by atoms with Crippen molar-refractivity contribution in [2.75, 3.05) is 11.5 Å². The van der Waals surface area contributed by atoms with Crippen LogP contribution in [-0.2, 0) is 19.1 Å². The van der Waals surface area contributed by atoms with E-state index in [4.69, 9.17) is 27.9 Å². The summed E-state index contributed by atoms with van der Waals surface area (Å²) >= 11 is 11.8. The summed E-state index contributed by atoms with van der Waals surface area (Å²) in [4.78, 5) is 49.2. The highest BCUT2D eigenvalue weighted by Gasteiger charge is 2.59. The Bertz CT molecular complexity index is 807. The lowest BCUT2D eigenvalue weighted by molar-refractivity contribution is -0.136. The molecule has 25 heavy (non-hydrogen) atoms. The zero-order valence-corrected chi connectivity index (χ0v) is 14.2. The van der Waals surface area contributed by atoms with E-state index in [0.717, 1.165) is 4.90 Å². The molecule has 1 saturated heterocycles. The van der Waals surface area contributed by atoms with Crippen LogP contribution < -0.4 is 4.90 Å². The molecule has 1 aromatic carbocycles. The van der Waals surface area contributed by atoms with Crippen molar-refractivity contribution in [3.63, 3.8) is 0 Å². The summed E-state index contributed by atoms with van der Waals surface area (Å²) in [5.74, 6) is -3.69. The first-order chi connectivity index (χ1) is 11.9. The van der Waals surface area contributed by atoms with E-state index in [2.05, 4.69) is 10.4 Å². The molecule has 0 N–H and O–H groups in total. The average molecular weight is 385 g/mol. The Hall–Kier alpha value is -2.52. The third-order valence-electron chi connectivity index (χ3n) is 3.70. The van der Waals surface area contributed by atoms with Crippen LogP contribution in [0.4, 0.5) is 5.69 Å². The van der Waals surface area contributed by atoms with Gasteiger partial charge in [-0.2, -0.15) is 0 Å². The SMILES string of the molecule is CCOC(=O)C1=NN(N=O)[C@@H]2C(=O)N(c3cc(Cl)cc(Cl)c3)C(=O)[C@H]12. The number of ether oxygens (including phenoxy) is 1. The first kappa shape index (κ1) is 17.3. The molecule has 1 fully saturated rings. The van der Waals surface area contributed by atoms with Gasteiger partial charge < -0.3 is 4.74 Å². The summed E-state index contributed by atoms with van der Waals surface area (Å²) < 4.78 is 4.83. The highest BCUT2D eigenvalue weighted by molar-refractivity contribution is 6.46. The molecule has 3 rings (SSSR count). The molecule has 0 saturated carbocycles. The van der Waals surface area contributed by atoms with Crippen molar-refractivity contribution in [3.8, 4) is 0 Å². The number of amides is 2. The van der Waals surface area contributed by atoms with Gasteiger partial charge in [0.2, 0.25) is 5.91 Å². The lowest BCUT2D eigenvalue weighted by Crippen LogP contribution is -2.36. The molecule has 0 spiro atoms. The second-order valence-corrected chi connectivity index (χ2v) is 6.04. The van der Waals surface area contributed by atoms with Gasteiger partial charge in [0.1, 0.15) is 5.92 Å². The monoisotopic (exact) mass is 384 g/mol. The van der Waals surface area contributed by atoms with Gasteiger partial charge in [-0.3, -0.25) is 9.59 Å². The molecule has 0 aromatic heterocycles. The summed E-state index contributed by atoms with van der Waals surface area (Å²) in [7, 11) is 0. The Labute approximate surface area is 151 Å². The van der Waals surface area contributed by atoms with Crippen LogP contribution >= 0.6 is 23.2 Å². The smallest absolute Gasteiger partial charge is 0.355 e. The van der Waals surface area contributed by atoms with Crippen LogP contribution in [0.2, 0.25) is 10.0 Å². The van der Waals surface area contributed by atoms with Crippen molar-refractivity contribution in [2.45, 2.75) is 13.0 Å². The summed E-state index contributed by atoms with van der Waals surface area (Å²) in [6.07, 6.45) is 0. The van der Waals surface area contributed by atoms with E-state index >= 15 is 0 Å². The molecule has 2 aliphatic rings. The summed E-state index contributed by atoms with van der Waals surface area (Å²) in [6.45, 7) is 1.61. The highest BCUT2D eigenvalue weighted by Crippen LogP contribution is 2.37. The standard InChI is InChI=1S/C14H10Cl2N4O5/c1-2-25-14(23)10-9-11(20(17-10)18-24)13(22)19(12(9)21)8-4-6(15)3-7(16)5-8/h3-5,9,11H,2H2,1H3/t9-,11+/m1/s1. The maximum atomic E-state index is 12.8. The van der Waals surface area contributed by atoms with Crippen molar-refractivity contribution in [2.24, 2.45) is 16.3 Å². The fraction of sp³-hybridized carbons (Fsp3) is 0.286. The van der Waals surface area contributed by atoms with Gasteiger partial charge in [0.25, 0.3) is 5.91 Å². The average Bonchev–Trinajstić information content (AvgIpc) is 3.04. The minimum absolute atomic E-state index is 0.0412. The Morgan fingerprint density at radius 2 is 1.88 bits per heavy atom. The third kappa shape index (κ3) is 2.75. The van der Waals surface area contributed by atoms with E-state index in [-0.39, 0.29) is 28.1 Å². The number of anilines is 1. The lowest BCUT2D eigenvalue weighted by atomic mass is 9.98. The zero-order chi connectivity index (χ0) is 18.3. The van der Waals surface area contributed by atoms with E-state index in [0.29, 0.717) is 5.12 Å². The highest BCUT2D eigenvalue weighted by atomic mass is 35.5. The summed E-state index contributed by atoms with van der Waals surface area (Å²) in [5, 5.41) is 7.19. The number of nitrogens with zero attached hydrogens (tertiary/aromatic N) is 4. The van der Waals surface area contributed by atoms with Crippen molar-refractivity contribution in [1.82, 2.24) is 5.12 Å². The molecule has 0 bridgehead atoms. The first-order valence-corrected chi connectivity index (χ1v) is 7.86. The number of hydrogen-bond acceptors (Lipinski definition) is 7. The van der Waals surface area contributed by atoms with Gasteiger partial charge >= 0.3 is 5.97 Å². The summed E-state index contributed by atoms with van der Waals surface area (Å²) in [5.41, 5.74) is -0.226. The van der Waals surface area contributed by atoms with E-state index in [1.54, 1.807) is 6.92 Å². The Kier molecular flexibility index (Phi) is 4.44. The molecule has 1 aromatic rings. The number of nitroso groups, excluding NO2 is 1. The van der Waals surface area contributed by atoms with Gasteiger partial charge in [-0.15, -0.1) is 15.1 Å². The topological polar surface area (TPSA) is 109 Å². The van der Waals surface area contributed by atoms with Crippen molar-refractivity contribution in [3.05, 3.63) is 33.2 Å². The maximum Gasteiger partial charge on any atom is 0.355 e. The fourth-order valence-corrected chi connectivity index (χ4v) is 3.27. The van der Waals surface area contributed by atoms with Crippen LogP contribution in [0.25, 0.3) is 0 Å². The molecule has 9 nitrogen and oxygen atoms in total. The lowest BCUT2D eigenvalue weighted by Gasteiger charge is -2.17. The predicted octanol–water partition coefficient (Wildman–Crippen LogP) is 1.77. The zero-order valence-electron chi connectivity index (χ0n) is 12.7. The second kappa shape index (κ2) is 6.41. The molecule has 0 unspecified atom stereocenters. The Balaban J connectivity index is 2.03. The molecule has 0 aliphatic carbocycles. The summed E-state index contributed by atoms with van der Waals surface area (Å²) in [6, 6.07) is 2.82. The van der Waals surface area contributed by atoms with Crippen LogP contribution in [0.15, 0.2) is 28.6 Å². The number of hydrazone groups is 1. The van der Waals surface area contributed by atoms with Crippen LogP contribution in [0.5, 0.6) is 0 Å². The van der Waals surface area contributed by atoms with Gasteiger partial charge in [-0.25, -0.2) is 9.69 Å². The van der Waals surface area contributed by atoms with Crippen LogP contribution in [0.1, 0.15) is 6.92 Å². The number of fused-ring (bicyclic) bond motifs is 1. The normalized spacial score (nSPS) is 22.1. The minimum Gasteiger partial charge on any atom is -0.461 e. The molecule has 2 heterocycles. The van der Waals surface area contributed by atoms with E-state index in [1.165, 1.54) is 18.2 Å². The molecule has 11 heteroatoms. The molecular weight excluding hydrogens is 375 g/mol. The predicted molar refractivity (Wildman–Crippen MR) is 87.9 cm³/mol. The van der Waals surface area contributed by atoms with Crippen LogP contribution in [0, 0.1) is 10.8 Å². The van der Waals surface area contributed by atoms with Gasteiger partial charge in [0.15, 0.2) is 11.8 Å². The molecule has 2 amide bonds. The number of rotatable bonds is 4. The minimum atomic E-state index is -1.35. The first-order valence-electron chi connectivity index (χ1n) is 7.11. The van der Waals surface area contributed by atoms with Gasteiger partial charge in [0.05, 0.1) is 17.6 Å². The Morgan fingerprint density at radius 1 is 1.24 bits per heavy atom. The fourth-order valence-electron chi connectivity index (χ4n) is 2.76. The quantitative estimate of drug-likeness (QED) is 0.444. The second-order valence-electron chi connectivity index (χ2n) is 5.17. The number of imide groups is 1. The van der Waals surface area contributed by atoms with Crippen molar-refractivity contribution in [1.29, 1.82) is 0 Å². The number of carbonyl (C=O) groups is 3. The molecule has 2 atom stereocenters. The van der Waals surface area contributed by atoms with Crippen LogP contribution in [0.3, 0.4) is 0 Å². The number of hydrogen-bond donors (Lipinski definition) is 0. The largest absolute Gasteiger partial charge is 0.461 e. The van der Waals surface area contributed by atoms with Gasteiger partial charge in [-0.1, -0.05) is 23.2 Å². The van der Waals surface area contributed by atoms with E-state index in [9.17, 15) is 19.3 Å². The molecule has 130 valence electrons. The van der Waals surface area contributed by atoms with Gasteiger partial charge in [-0.05, 0) is 25.1 Å². The van der Waals surface area contributed by atoms with E-state index < -0.39 is 29.7 Å². The number of carbonyl (C=O) groups excluding carboxylic acids is 3. The number of halogens is 2. The Morgan fingerprint density at radius 3 is 2.44 bits per heavy atom. The van der Waals surface area contributed by atoms with Crippen LogP contribution in [-0.4, -0.2) is 41.3 Å². The third-order valence-corrected chi connectivity index (χ3v) is 4.14. The molecule has 2 aliphatic heterocycles. The molecular formula is C14H10Cl2N4O5. The molecule has 0 radical (unpaired) electrons. The van der Waals surface area contributed by atoms with Gasteiger partial charge in [0, 0.05) is 10.0 Å². The van der Waals surface area contributed by atoms with Crippen molar-refractivity contribution >= 4 is 52.4 Å². The number of esters is 1.